The summed E-state index contributed by atoms with van der Waals surface area (Å²) in [6.07, 6.45) is 12.8. The van der Waals surface area contributed by atoms with Crippen LogP contribution in [-0.2, 0) is 4.79 Å². The Morgan fingerprint density at radius 2 is 1.86 bits per heavy atom. The van der Waals surface area contributed by atoms with Gasteiger partial charge in [0.25, 0.3) is 0 Å². The standard InChI is InChI=1S/C19H32N2O/c1-13-10-18-16(17(13)12-20-14-6-5-7-14)11-19(22)21(18)15-8-3-2-4-9-15/h13-18,20H,2-12H2,1H3/t13-,16-,17+,18+/m0/s1. The van der Waals surface area contributed by atoms with Gasteiger partial charge in [0, 0.05) is 24.5 Å². The van der Waals surface area contributed by atoms with Crippen molar-refractivity contribution in [3.8, 4) is 0 Å². The van der Waals surface area contributed by atoms with E-state index in [1.165, 1.54) is 57.8 Å². The van der Waals surface area contributed by atoms with Crippen molar-refractivity contribution in [2.24, 2.45) is 17.8 Å². The van der Waals surface area contributed by atoms with Crippen LogP contribution in [0.25, 0.3) is 0 Å². The third-order valence-electron chi connectivity index (χ3n) is 7.16. The molecule has 4 fully saturated rings. The molecule has 1 aliphatic heterocycles. The molecule has 0 aromatic carbocycles. The molecule has 0 unspecified atom stereocenters. The first-order valence-electron chi connectivity index (χ1n) is 9.78. The van der Waals surface area contributed by atoms with Crippen LogP contribution in [0.5, 0.6) is 0 Å². The van der Waals surface area contributed by atoms with Gasteiger partial charge in [-0.1, -0.05) is 32.6 Å². The largest absolute Gasteiger partial charge is 0.336 e. The summed E-state index contributed by atoms with van der Waals surface area (Å²) in [6.45, 7) is 3.58. The molecule has 1 saturated heterocycles. The monoisotopic (exact) mass is 304 g/mol. The maximum atomic E-state index is 12.7. The van der Waals surface area contributed by atoms with Gasteiger partial charge in [-0.05, 0) is 56.4 Å². The van der Waals surface area contributed by atoms with Crippen LogP contribution in [0.1, 0.15) is 71.1 Å². The van der Waals surface area contributed by atoms with Crippen LogP contribution in [0, 0.1) is 17.8 Å². The van der Waals surface area contributed by atoms with E-state index in [-0.39, 0.29) is 0 Å². The minimum absolute atomic E-state index is 0.474. The van der Waals surface area contributed by atoms with Gasteiger partial charge >= 0.3 is 0 Å². The lowest BCUT2D eigenvalue weighted by Crippen LogP contribution is -2.43. The lowest BCUT2D eigenvalue weighted by molar-refractivity contribution is -0.132. The minimum atomic E-state index is 0.474. The van der Waals surface area contributed by atoms with Gasteiger partial charge in [0.1, 0.15) is 0 Å². The topological polar surface area (TPSA) is 32.3 Å². The van der Waals surface area contributed by atoms with E-state index in [1.54, 1.807) is 0 Å². The highest BCUT2D eigenvalue weighted by Gasteiger charge is 2.52. The Hall–Kier alpha value is -0.570. The van der Waals surface area contributed by atoms with Gasteiger partial charge < -0.3 is 10.2 Å². The van der Waals surface area contributed by atoms with E-state index in [4.69, 9.17) is 0 Å². The average Bonchev–Trinajstić information content (AvgIpc) is 2.93. The van der Waals surface area contributed by atoms with Crippen molar-refractivity contribution in [3.63, 3.8) is 0 Å². The van der Waals surface area contributed by atoms with Crippen molar-refractivity contribution >= 4 is 5.91 Å². The number of likely N-dealkylation sites (tertiary alicyclic amines) is 1. The first-order chi connectivity index (χ1) is 10.7. The summed E-state index contributed by atoms with van der Waals surface area (Å²) in [4.78, 5) is 15.0. The summed E-state index contributed by atoms with van der Waals surface area (Å²) in [5.74, 6) is 2.62. The zero-order valence-corrected chi connectivity index (χ0v) is 14.1. The summed E-state index contributed by atoms with van der Waals surface area (Å²) >= 11 is 0. The molecular weight excluding hydrogens is 272 g/mol. The Morgan fingerprint density at radius 1 is 1.09 bits per heavy atom. The first-order valence-corrected chi connectivity index (χ1v) is 9.78. The molecule has 3 nitrogen and oxygen atoms in total. The Bertz CT molecular complexity index is 414. The van der Waals surface area contributed by atoms with Crippen LogP contribution in [0.15, 0.2) is 0 Å². The Morgan fingerprint density at radius 3 is 2.55 bits per heavy atom. The molecule has 0 aromatic heterocycles. The molecule has 4 rings (SSSR count). The van der Waals surface area contributed by atoms with E-state index < -0.39 is 0 Å². The summed E-state index contributed by atoms with van der Waals surface area (Å²) < 4.78 is 0. The molecule has 0 aromatic rings. The number of fused-ring (bicyclic) bond motifs is 1. The van der Waals surface area contributed by atoms with Crippen molar-refractivity contribution in [2.45, 2.75) is 89.3 Å². The van der Waals surface area contributed by atoms with Crippen molar-refractivity contribution in [3.05, 3.63) is 0 Å². The van der Waals surface area contributed by atoms with Crippen LogP contribution >= 0.6 is 0 Å². The third-order valence-corrected chi connectivity index (χ3v) is 7.16. The second kappa shape index (κ2) is 6.14. The van der Waals surface area contributed by atoms with Gasteiger partial charge in [0.2, 0.25) is 5.91 Å². The number of rotatable bonds is 4. The Labute approximate surface area is 135 Å². The van der Waals surface area contributed by atoms with Gasteiger partial charge in [0.15, 0.2) is 0 Å². The predicted octanol–water partition coefficient (Wildman–Crippen LogP) is 3.33. The highest BCUT2D eigenvalue weighted by molar-refractivity contribution is 5.80. The number of amides is 1. The summed E-state index contributed by atoms with van der Waals surface area (Å²) in [7, 11) is 0. The number of nitrogens with one attached hydrogen (secondary N) is 1. The SMILES string of the molecule is C[C@H]1C[C@@H]2[C@@H](CC(=O)N2C2CCCCC2)[C@@H]1CNC1CCC1. The zero-order chi connectivity index (χ0) is 15.1. The third kappa shape index (κ3) is 2.60. The van der Waals surface area contributed by atoms with E-state index in [0.29, 0.717) is 23.9 Å². The Balaban J connectivity index is 1.42. The molecule has 4 atom stereocenters. The fourth-order valence-electron chi connectivity index (χ4n) is 5.64. The van der Waals surface area contributed by atoms with E-state index in [0.717, 1.165) is 30.8 Å². The molecule has 0 radical (unpaired) electrons. The maximum absolute atomic E-state index is 12.7. The lowest BCUT2D eigenvalue weighted by atomic mass is 9.86. The number of carbonyl (C=O) groups excluding carboxylic acids is 1. The smallest absolute Gasteiger partial charge is 0.223 e. The molecule has 3 heteroatoms. The quantitative estimate of drug-likeness (QED) is 0.864. The van der Waals surface area contributed by atoms with E-state index in [9.17, 15) is 4.79 Å². The second-order valence-electron chi connectivity index (χ2n) is 8.44. The van der Waals surface area contributed by atoms with Crippen LogP contribution in [0.3, 0.4) is 0 Å². The van der Waals surface area contributed by atoms with E-state index in [2.05, 4.69) is 17.1 Å². The van der Waals surface area contributed by atoms with Crippen LogP contribution in [0.2, 0.25) is 0 Å². The molecule has 3 saturated carbocycles. The summed E-state index contributed by atoms with van der Waals surface area (Å²) in [5.41, 5.74) is 0. The zero-order valence-electron chi connectivity index (χ0n) is 14.1. The van der Waals surface area contributed by atoms with E-state index >= 15 is 0 Å². The summed E-state index contributed by atoms with van der Waals surface area (Å²) in [5, 5.41) is 3.78. The molecule has 124 valence electrons. The molecule has 0 bridgehead atoms. The lowest BCUT2D eigenvalue weighted by Gasteiger charge is -2.35. The molecule has 4 aliphatic rings. The van der Waals surface area contributed by atoms with Gasteiger partial charge in [0.05, 0.1) is 0 Å². The van der Waals surface area contributed by atoms with Gasteiger partial charge in [-0.25, -0.2) is 0 Å². The normalized spacial score (nSPS) is 40.0. The number of hydrogen-bond acceptors (Lipinski definition) is 2. The van der Waals surface area contributed by atoms with Crippen molar-refractivity contribution in [2.75, 3.05) is 6.54 Å². The molecule has 22 heavy (non-hydrogen) atoms. The molecule has 1 heterocycles. The number of hydrogen-bond donors (Lipinski definition) is 1. The molecular formula is C19H32N2O. The van der Waals surface area contributed by atoms with Crippen LogP contribution in [0.4, 0.5) is 0 Å². The second-order valence-corrected chi connectivity index (χ2v) is 8.44. The highest BCUT2D eigenvalue weighted by atomic mass is 16.2. The van der Waals surface area contributed by atoms with E-state index in [1.807, 2.05) is 0 Å². The Kier molecular flexibility index (Phi) is 4.19. The maximum Gasteiger partial charge on any atom is 0.223 e. The molecule has 1 N–H and O–H groups in total. The van der Waals surface area contributed by atoms with Gasteiger partial charge in [-0.3, -0.25) is 4.79 Å². The predicted molar refractivity (Wildman–Crippen MR) is 88.5 cm³/mol. The van der Waals surface area contributed by atoms with Crippen LogP contribution < -0.4 is 5.32 Å². The van der Waals surface area contributed by atoms with Crippen molar-refractivity contribution in [1.29, 1.82) is 0 Å². The average molecular weight is 304 g/mol. The fraction of sp³-hybridized carbons (Fsp3) is 0.947. The number of carbonyl (C=O) groups is 1. The van der Waals surface area contributed by atoms with Crippen molar-refractivity contribution in [1.82, 2.24) is 10.2 Å². The van der Waals surface area contributed by atoms with Gasteiger partial charge in [-0.2, -0.15) is 0 Å². The first kappa shape index (κ1) is 15.0. The number of nitrogens with zero attached hydrogens (tertiary/aromatic N) is 1. The van der Waals surface area contributed by atoms with Gasteiger partial charge in [-0.15, -0.1) is 0 Å². The fourth-order valence-corrected chi connectivity index (χ4v) is 5.64. The molecule has 0 spiro atoms. The summed E-state index contributed by atoms with van der Waals surface area (Å²) in [6, 6.07) is 1.92. The molecule has 1 amide bonds. The van der Waals surface area contributed by atoms with Crippen LogP contribution in [-0.4, -0.2) is 35.5 Å². The highest BCUT2D eigenvalue weighted by Crippen LogP contribution is 2.47. The molecule has 3 aliphatic carbocycles. The minimum Gasteiger partial charge on any atom is -0.336 e. The van der Waals surface area contributed by atoms with Crippen molar-refractivity contribution < 1.29 is 4.79 Å².